The van der Waals surface area contributed by atoms with Gasteiger partial charge in [-0.3, -0.25) is 4.79 Å². The van der Waals surface area contributed by atoms with Crippen molar-refractivity contribution in [2.24, 2.45) is 0 Å². The largest absolute Gasteiger partial charge is 0.294 e. The second kappa shape index (κ2) is 2.62. The topological polar surface area (TPSA) is 17.1 Å². The molecular weight excluding hydrogens is 196 g/mol. The number of rotatable bonds is 0. The zero-order chi connectivity index (χ0) is 10.7. The Bertz CT molecular complexity index is 677. The summed E-state index contributed by atoms with van der Waals surface area (Å²) in [7, 11) is 0. The first kappa shape index (κ1) is 8.28. The molecule has 0 fully saturated rings. The average Bonchev–Trinajstić information content (AvgIpc) is 2.69. The Hall–Kier alpha value is -1.89. The lowest BCUT2D eigenvalue weighted by Crippen LogP contribution is -2.06. The average molecular weight is 206 g/mol. The van der Waals surface area contributed by atoms with Crippen LogP contribution in [-0.2, 0) is 6.42 Å². The number of Topliss-reactive ketones (excluding diaryl/α,β-unsaturated/α-hetero) is 1. The first-order valence-corrected chi connectivity index (χ1v) is 5.62. The van der Waals surface area contributed by atoms with Gasteiger partial charge >= 0.3 is 0 Å². The van der Waals surface area contributed by atoms with Gasteiger partial charge in [0.1, 0.15) is 0 Å². The number of hydrogen-bond acceptors (Lipinski definition) is 1. The Balaban J connectivity index is 2.28. The van der Waals surface area contributed by atoms with Crippen LogP contribution in [0.4, 0.5) is 0 Å². The van der Waals surface area contributed by atoms with Gasteiger partial charge < -0.3 is 0 Å². The van der Waals surface area contributed by atoms with E-state index in [1.165, 1.54) is 27.5 Å². The second-order valence-corrected chi connectivity index (χ2v) is 4.54. The summed E-state index contributed by atoms with van der Waals surface area (Å²) in [6.07, 6.45) is 3.67. The molecular formula is C15H10O. The van der Waals surface area contributed by atoms with Crippen LogP contribution in [-0.4, -0.2) is 5.78 Å². The Morgan fingerprint density at radius 3 is 2.94 bits per heavy atom. The van der Waals surface area contributed by atoms with Crippen LogP contribution in [0.15, 0.2) is 36.4 Å². The molecule has 0 saturated carbocycles. The summed E-state index contributed by atoms with van der Waals surface area (Å²) in [4.78, 5) is 11.9. The predicted molar refractivity (Wildman–Crippen MR) is 64.6 cm³/mol. The molecule has 0 amide bonds. The molecule has 0 N–H and O–H groups in total. The van der Waals surface area contributed by atoms with Gasteiger partial charge in [0.2, 0.25) is 0 Å². The van der Waals surface area contributed by atoms with Gasteiger partial charge in [-0.1, -0.05) is 36.4 Å². The molecule has 2 aliphatic carbocycles. The van der Waals surface area contributed by atoms with Gasteiger partial charge in [0.05, 0.1) is 0 Å². The number of ketones is 1. The Kier molecular flexibility index (Phi) is 1.35. The predicted octanol–water partition coefficient (Wildman–Crippen LogP) is 3.37. The van der Waals surface area contributed by atoms with Gasteiger partial charge in [-0.25, -0.2) is 0 Å². The number of hydrogen-bond donors (Lipinski definition) is 0. The molecule has 0 saturated heterocycles. The monoisotopic (exact) mass is 206 g/mol. The lowest BCUT2D eigenvalue weighted by molar-refractivity contribution is 0.0994. The fraction of sp³-hybridized carbons (Fsp3) is 0.133. The SMILES string of the molecule is O=C1CC=C2Cc3cccc4ccc1c2c34. The van der Waals surface area contributed by atoms with E-state index in [2.05, 4.69) is 30.3 Å². The van der Waals surface area contributed by atoms with E-state index in [1.807, 2.05) is 6.07 Å². The molecule has 1 nitrogen and oxygen atoms in total. The highest BCUT2D eigenvalue weighted by Gasteiger charge is 2.27. The summed E-state index contributed by atoms with van der Waals surface area (Å²) >= 11 is 0. The van der Waals surface area contributed by atoms with Crippen LogP contribution in [0.1, 0.15) is 27.9 Å². The van der Waals surface area contributed by atoms with E-state index in [0.29, 0.717) is 6.42 Å². The van der Waals surface area contributed by atoms with Crippen molar-refractivity contribution < 1.29 is 4.79 Å². The van der Waals surface area contributed by atoms with Gasteiger partial charge in [-0.05, 0) is 33.9 Å². The minimum absolute atomic E-state index is 0.261. The zero-order valence-electron chi connectivity index (χ0n) is 8.79. The third-order valence-corrected chi connectivity index (χ3v) is 3.67. The third-order valence-electron chi connectivity index (χ3n) is 3.67. The maximum atomic E-state index is 11.9. The highest BCUT2D eigenvalue weighted by molar-refractivity contribution is 6.14. The van der Waals surface area contributed by atoms with Crippen LogP contribution < -0.4 is 0 Å². The molecule has 2 aromatic carbocycles. The summed E-state index contributed by atoms with van der Waals surface area (Å²) in [6, 6.07) is 10.5. The molecule has 0 heterocycles. The lowest BCUT2D eigenvalue weighted by Gasteiger charge is -2.13. The van der Waals surface area contributed by atoms with Crippen molar-refractivity contribution in [1.82, 2.24) is 0 Å². The molecule has 2 aromatic rings. The van der Waals surface area contributed by atoms with Crippen molar-refractivity contribution in [3.05, 3.63) is 53.1 Å². The standard InChI is InChI=1S/C15H10O/c16-13-7-5-11-8-10-3-1-2-9-4-6-12(13)15(11)14(9)10/h1-6H,7-8H2. The molecule has 0 aromatic heterocycles. The lowest BCUT2D eigenvalue weighted by atomic mass is 9.90. The van der Waals surface area contributed by atoms with E-state index < -0.39 is 0 Å². The van der Waals surface area contributed by atoms with Gasteiger partial charge in [0, 0.05) is 12.0 Å². The van der Waals surface area contributed by atoms with E-state index in [4.69, 9.17) is 0 Å². The van der Waals surface area contributed by atoms with Crippen molar-refractivity contribution in [1.29, 1.82) is 0 Å². The maximum absolute atomic E-state index is 11.9. The van der Waals surface area contributed by atoms with Gasteiger partial charge in [0.15, 0.2) is 5.78 Å². The van der Waals surface area contributed by atoms with Gasteiger partial charge in [-0.2, -0.15) is 0 Å². The first-order valence-electron chi connectivity index (χ1n) is 5.62. The summed E-state index contributed by atoms with van der Waals surface area (Å²) in [6.45, 7) is 0. The van der Waals surface area contributed by atoms with Crippen LogP contribution in [0.25, 0.3) is 16.3 Å². The number of carbonyl (C=O) groups excluding carboxylic acids is 1. The Morgan fingerprint density at radius 2 is 2.00 bits per heavy atom. The minimum atomic E-state index is 0.261. The van der Waals surface area contributed by atoms with Crippen LogP contribution in [0.5, 0.6) is 0 Å². The number of allylic oxidation sites excluding steroid dienone is 2. The van der Waals surface area contributed by atoms with E-state index in [-0.39, 0.29) is 5.78 Å². The van der Waals surface area contributed by atoms with E-state index in [0.717, 1.165) is 12.0 Å². The van der Waals surface area contributed by atoms with Gasteiger partial charge in [-0.15, -0.1) is 0 Å². The van der Waals surface area contributed by atoms with E-state index in [9.17, 15) is 4.79 Å². The molecule has 4 rings (SSSR count). The molecule has 16 heavy (non-hydrogen) atoms. The summed E-state index contributed by atoms with van der Waals surface area (Å²) in [5.41, 5.74) is 4.86. The van der Waals surface area contributed by atoms with Gasteiger partial charge in [0.25, 0.3) is 0 Å². The van der Waals surface area contributed by atoms with Crippen molar-refractivity contribution in [3.8, 4) is 0 Å². The van der Waals surface area contributed by atoms with Crippen LogP contribution >= 0.6 is 0 Å². The van der Waals surface area contributed by atoms with E-state index >= 15 is 0 Å². The van der Waals surface area contributed by atoms with Crippen molar-refractivity contribution in [3.63, 3.8) is 0 Å². The highest BCUT2D eigenvalue weighted by atomic mass is 16.1. The van der Waals surface area contributed by atoms with Crippen LogP contribution in [0.2, 0.25) is 0 Å². The smallest absolute Gasteiger partial charge is 0.167 e. The molecule has 0 atom stereocenters. The molecule has 0 unspecified atom stereocenters. The molecule has 0 aliphatic heterocycles. The van der Waals surface area contributed by atoms with Crippen molar-refractivity contribution >= 4 is 22.1 Å². The zero-order valence-corrected chi connectivity index (χ0v) is 8.79. The summed E-state index contributed by atoms with van der Waals surface area (Å²) < 4.78 is 0. The summed E-state index contributed by atoms with van der Waals surface area (Å²) in [5, 5.41) is 2.56. The van der Waals surface area contributed by atoms with Crippen molar-refractivity contribution in [2.45, 2.75) is 12.8 Å². The first-order chi connectivity index (χ1) is 7.84. The number of carbonyl (C=O) groups is 1. The van der Waals surface area contributed by atoms with Crippen LogP contribution in [0, 0.1) is 0 Å². The van der Waals surface area contributed by atoms with Crippen molar-refractivity contribution in [2.75, 3.05) is 0 Å². The minimum Gasteiger partial charge on any atom is -0.294 e. The second-order valence-electron chi connectivity index (χ2n) is 4.54. The third kappa shape index (κ3) is 0.843. The van der Waals surface area contributed by atoms with E-state index in [1.54, 1.807) is 0 Å². The Labute approximate surface area is 93.4 Å². The quantitative estimate of drug-likeness (QED) is 0.646. The Morgan fingerprint density at radius 1 is 1.06 bits per heavy atom. The molecule has 0 spiro atoms. The normalized spacial score (nSPS) is 16.8. The molecule has 76 valence electrons. The maximum Gasteiger partial charge on any atom is 0.167 e. The molecule has 2 aliphatic rings. The molecule has 0 radical (unpaired) electrons. The molecule has 0 bridgehead atoms. The fourth-order valence-electron chi connectivity index (χ4n) is 2.96. The number of benzene rings is 2. The molecule has 1 heteroatoms. The fourth-order valence-corrected chi connectivity index (χ4v) is 2.96. The highest BCUT2D eigenvalue weighted by Crippen LogP contribution is 2.42. The van der Waals surface area contributed by atoms with Crippen LogP contribution in [0.3, 0.4) is 0 Å². The summed E-state index contributed by atoms with van der Waals surface area (Å²) in [5.74, 6) is 0.261.